The van der Waals surface area contributed by atoms with Gasteiger partial charge in [0.05, 0.1) is 26.2 Å². The fourth-order valence-corrected chi connectivity index (χ4v) is 6.20. The number of hydrogen-bond donors (Lipinski definition) is 1. The number of rotatable bonds is 6. The molecule has 0 spiro atoms. The average Bonchev–Trinajstić information content (AvgIpc) is 3.06. The van der Waals surface area contributed by atoms with Crippen molar-refractivity contribution in [2.75, 3.05) is 57.2 Å². The van der Waals surface area contributed by atoms with Gasteiger partial charge >= 0.3 is 0 Å². The topological polar surface area (TPSA) is 57.3 Å². The third kappa shape index (κ3) is 10.4. The zero-order valence-electron chi connectivity index (χ0n) is 27.7. The van der Waals surface area contributed by atoms with Crippen LogP contribution < -0.4 is 24.6 Å². The Balaban J connectivity index is 0.000000197. The number of hydrogen-bond acceptors (Lipinski definition) is 6. The maximum atomic E-state index is 12.7. The third-order valence-corrected chi connectivity index (χ3v) is 8.73. The lowest BCUT2D eigenvalue weighted by Crippen LogP contribution is -2.48. The summed E-state index contributed by atoms with van der Waals surface area (Å²) in [5, 5.41) is 4.21. The standard InChI is InChI=1S/C21H26N2O3.C10H20N2.C6H5Cl/c1-14(2)26-20-11-16-13-23(18-8-6-17(7-9-18)22(3)4)21(24)12-15(16)10-19(20)25-5;1-2-4-10(5-3-1)12-8-6-11-7-9-12;7-6-4-2-1-3-5-6/h6-11,14H,12-13H2,1-5H3;10-11H,1-9H2;1-5H. The van der Waals surface area contributed by atoms with Crippen LogP contribution in [0.4, 0.5) is 11.4 Å². The smallest absolute Gasteiger partial charge is 0.231 e. The molecule has 2 heterocycles. The molecule has 1 N–H and O–H groups in total. The first-order valence-corrected chi connectivity index (χ1v) is 16.7. The van der Waals surface area contributed by atoms with Gasteiger partial charge in [0.15, 0.2) is 11.5 Å². The summed E-state index contributed by atoms with van der Waals surface area (Å²) < 4.78 is 11.3. The zero-order chi connectivity index (χ0) is 32.2. The summed E-state index contributed by atoms with van der Waals surface area (Å²) in [6.45, 7) is 9.48. The van der Waals surface area contributed by atoms with Crippen LogP contribution in [0.25, 0.3) is 0 Å². The van der Waals surface area contributed by atoms with Crippen molar-refractivity contribution in [2.24, 2.45) is 0 Å². The minimum absolute atomic E-state index is 0.0573. The summed E-state index contributed by atoms with van der Waals surface area (Å²) in [5.74, 6) is 1.49. The van der Waals surface area contributed by atoms with Gasteiger partial charge in [0.25, 0.3) is 0 Å². The molecular formula is C37H51ClN4O3. The molecule has 2 fully saturated rings. The number of nitrogens with one attached hydrogen (secondary N) is 1. The number of methoxy groups -OCH3 is 1. The molecule has 3 aliphatic rings. The van der Waals surface area contributed by atoms with Gasteiger partial charge in [0.1, 0.15) is 0 Å². The lowest BCUT2D eigenvalue weighted by molar-refractivity contribution is -0.118. The Kier molecular flexibility index (Phi) is 13.4. The molecule has 0 atom stereocenters. The number of piperazine rings is 1. The van der Waals surface area contributed by atoms with E-state index in [0.717, 1.165) is 39.3 Å². The van der Waals surface area contributed by atoms with E-state index in [1.165, 1.54) is 58.3 Å². The highest BCUT2D eigenvalue weighted by Crippen LogP contribution is 2.36. The number of halogens is 1. The van der Waals surface area contributed by atoms with Gasteiger partial charge in [0, 0.05) is 62.7 Å². The van der Waals surface area contributed by atoms with E-state index < -0.39 is 0 Å². The van der Waals surface area contributed by atoms with Crippen molar-refractivity contribution in [2.45, 2.75) is 71.1 Å². The molecule has 0 bridgehead atoms. The van der Waals surface area contributed by atoms with Gasteiger partial charge in [-0.15, -0.1) is 0 Å². The van der Waals surface area contributed by atoms with E-state index >= 15 is 0 Å². The van der Waals surface area contributed by atoms with Gasteiger partial charge < -0.3 is 24.6 Å². The van der Waals surface area contributed by atoms with E-state index in [2.05, 4.69) is 10.2 Å². The van der Waals surface area contributed by atoms with E-state index in [-0.39, 0.29) is 12.0 Å². The monoisotopic (exact) mass is 634 g/mol. The van der Waals surface area contributed by atoms with Crippen molar-refractivity contribution in [1.29, 1.82) is 0 Å². The van der Waals surface area contributed by atoms with Gasteiger partial charge in [-0.2, -0.15) is 0 Å². The average molecular weight is 635 g/mol. The van der Waals surface area contributed by atoms with Gasteiger partial charge in [-0.25, -0.2) is 0 Å². The van der Waals surface area contributed by atoms with Crippen molar-refractivity contribution in [3.8, 4) is 11.5 Å². The van der Waals surface area contributed by atoms with Crippen LogP contribution in [-0.2, 0) is 17.8 Å². The predicted molar refractivity (Wildman–Crippen MR) is 187 cm³/mol. The molecular weight excluding hydrogens is 584 g/mol. The maximum Gasteiger partial charge on any atom is 0.231 e. The van der Waals surface area contributed by atoms with Crippen molar-refractivity contribution in [3.63, 3.8) is 0 Å². The first-order valence-electron chi connectivity index (χ1n) is 16.3. The van der Waals surface area contributed by atoms with Crippen molar-refractivity contribution in [1.82, 2.24) is 10.2 Å². The summed E-state index contributed by atoms with van der Waals surface area (Å²) in [7, 11) is 5.63. The quantitative estimate of drug-likeness (QED) is 0.309. The molecule has 3 aromatic carbocycles. The Hall–Kier alpha value is -3.26. The number of carbonyl (C=O) groups excluding carboxylic acids is 1. The number of carbonyl (C=O) groups is 1. The molecule has 0 radical (unpaired) electrons. The lowest BCUT2D eigenvalue weighted by atomic mass is 9.94. The molecule has 1 aliphatic carbocycles. The normalized spacial score (nSPS) is 17.0. The summed E-state index contributed by atoms with van der Waals surface area (Å²) in [5.41, 5.74) is 4.12. The second-order valence-corrected chi connectivity index (χ2v) is 12.8. The van der Waals surface area contributed by atoms with E-state index in [0.29, 0.717) is 18.7 Å². The summed E-state index contributed by atoms with van der Waals surface area (Å²) in [6.07, 6.45) is 7.75. The molecule has 6 rings (SSSR count). The minimum Gasteiger partial charge on any atom is -0.493 e. The van der Waals surface area contributed by atoms with E-state index in [1.807, 2.05) is 104 Å². The van der Waals surface area contributed by atoms with Crippen LogP contribution >= 0.6 is 11.6 Å². The van der Waals surface area contributed by atoms with Gasteiger partial charge in [-0.3, -0.25) is 9.69 Å². The van der Waals surface area contributed by atoms with Gasteiger partial charge in [-0.05, 0) is 86.3 Å². The zero-order valence-corrected chi connectivity index (χ0v) is 28.5. The van der Waals surface area contributed by atoms with Crippen LogP contribution in [0.5, 0.6) is 11.5 Å². The van der Waals surface area contributed by atoms with Crippen LogP contribution in [0.3, 0.4) is 0 Å². The minimum atomic E-state index is 0.0573. The Morgan fingerprint density at radius 2 is 1.53 bits per heavy atom. The molecule has 7 nitrogen and oxygen atoms in total. The van der Waals surface area contributed by atoms with Crippen molar-refractivity contribution >= 4 is 28.9 Å². The maximum absolute atomic E-state index is 12.7. The molecule has 1 saturated carbocycles. The first kappa shape index (κ1) is 34.6. The van der Waals surface area contributed by atoms with Crippen LogP contribution in [0.2, 0.25) is 5.02 Å². The predicted octanol–water partition coefficient (Wildman–Crippen LogP) is 7.20. The number of anilines is 2. The fraction of sp³-hybridized carbons (Fsp3) is 0.486. The Morgan fingerprint density at radius 1 is 0.889 bits per heavy atom. The number of benzene rings is 3. The van der Waals surface area contributed by atoms with E-state index in [1.54, 1.807) is 7.11 Å². The van der Waals surface area contributed by atoms with Crippen LogP contribution in [0.1, 0.15) is 57.1 Å². The Bertz CT molecular complexity index is 1310. The number of amides is 1. The van der Waals surface area contributed by atoms with Crippen LogP contribution in [0.15, 0.2) is 66.7 Å². The molecule has 45 heavy (non-hydrogen) atoms. The molecule has 3 aromatic rings. The largest absolute Gasteiger partial charge is 0.493 e. The summed E-state index contributed by atoms with van der Waals surface area (Å²) in [6, 6.07) is 22.3. The second-order valence-electron chi connectivity index (χ2n) is 12.4. The molecule has 1 saturated heterocycles. The van der Waals surface area contributed by atoms with E-state index in [9.17, 15) is 4.79 Å². The highest BCUT2D eigenvalue weighted by molar-refractivity contribution is 6.30. The SMILES string of the molecule is C1CCC(N2CCNCC2)CC1.COc1cc2c(cc1OC(C)C)CN(c1ccc(N(C)C)cc1)C(=O)C2.Clc1ccccc1. The molecule has 8 heteroatoms. The molecule has 1 amide bonds. The number of nitrogens with zero attached hydrogens (tertiary/aromatic N) is 3. The van der Waals surface area contributed by atoms with Gasteiger partial charge in [0.2, 0.25) is 5.91 Å². The van der Waals surface area contributed by atoms with E-state index in [4.69, 9.17) is 21.1 Å². The van der Waals surface area contributed by atoms with Crippen molar-refractivity contribution < 1.29 is 14.3 Å². The second kappa shape index (κ2) is 17.4. The van der Waals surface area contributed by atoms with Gasteiger partial charge in [-0.1, -0.05) is 49.1 Å². The molecule has 244 valence electrons. The lowest BCUT2D eigenvalue weighted by Gasteiger charge is -2.36. The summed E-state index contributed by atoms with van der Waals surface area (Å²) in [4.78, 5) is 19.2. The summed E-state index contributed by atoms with van der Waals surface area (Å²) >= 11 is 5.54. The first-order chi connectivity index (χ1) is 21.7. The third-order valence-electron chi connectivity index (χ3n) is 8.47. The highest BCUT2D eigenvalue weighted by atomic mass is 35.5. The van der Waals surface area contributed by atoms with Crippen LogP contribution in [-0.4, -0.2) is 70.3 Å². The van der Waals surface area contributed by atoms with Crippen LogP contribution in [0, 0.1) is 0 Å². The van der Waals surface area contributed by atoms with Crippen molar-refractivity contribution in [3.05, 3.63) is 82.9 Å². The molecule has 0 aromatic heterocycles. The fourth-order valence-electron chi connectivity index (χ4n) is 6.05. The number of ether oxygens (including phenoxy) is 2. The molecule has 0 unspecified atom stereocenters. The molecule has 2 aliphatic heterocycles. The number of fused-ring (bicyclic) bond motifs is 1. The Morgan fingerprint density at radius 3 is 2.09 bits per heavy atom. The Labute approximate surface area is 275 Å². The highest BCUT2D eigenvalue weighted by Gasteiger charge is 2.26.